The minimum absolute atomic E-state index is 0.0307. The van der Waals surface area contributed by atoms with Crippen molar-refractivity contribution in [2.24, 2.45) is 11.7 Å². The SMILES string of the molecule is COc1cc(NC2(CN)CCCC(C)C2)ncn1. The van der Waals surface area contributed by atoms with Crippen LogP contribution in [0.5, 0.6) is 5.88 Å². The second kappa shape index (κ2) is 5.52. The molecule has 1 heterocycles. The van der Waals surface area contributed by atoms with E-state index in [1.165, 1.54) is 19.2 Å². The fourth-order valence-electron chi connectivity index (χ4n) is 2.80. The molecule has 1 fully saturated rings. The van der Waals surface area contributed by atoms with Crippen LogP contribution in [-0.2, 0) is 0 Å². The van der Waals surface area contributed by atoms with Crippen LogP contribution < -0.4 is 15.8 Å². The molecular weight excluding hydrogens is 228 g/mol. The van der Waals surface area contributed by atoms with Gasteiger partial charge in [0.15, 0.2) is 0 Å². The molecule has 100 valence electrons. The Morgan fingerprint density at radius 3 is 3.06 bits per heavy atom. The van der Waals surface area contributed by atoms with Crippen LogP contribution in [0, 0.1) is 5.92 Å². The van der Waals surface area contributed by atoms with E-state index < -0.39 is 0 Å². The van der Waals surface area contributed by atoms with Crippen molar-refractivity contribution in [3.63, 3.8) is 0 Å². The van der Waals surface area contributed by atoms with Gasteiger partial charge in [-0.15, -0.1) is 0 Å². The van der Waals surface area contributed by atoms with Gasteiger partial charge in [-0.1, -0.05) is 19.8 Å². The van der Waals surface area contributed by atoms with E-state index in [4.69, 9.17) is 10.5 Å². The number of aromatic nitrogens is 2. The fraction of sp³-hybridized carbons (Fsp3) is 0.692. The van der Waals surface area contributed by atoms with Gasteiger partial charge in [0.25, 0.3) is 0 Å². The van der Waals surface area contributed by atoms with Crippen molar-refractivity contribution in [3.8, 4) is 5.88 Å². The molecule has 2 rings (SSSR count). The summed E-state index contributed by atoms with van der Waals surface area (Å²) < 4.78 is 5.11. The highest BCUT2D eigenvalue weighted by Gasteiger charge is 2.33. The van der Waals surface area contributed by atoms with Gasteiger partial charge in [-0.2, -0.15) is 0 Å². The van der Waals surface area contributed by atoms with E-state index >= 15 is 0 Å². The largest absolute Gasteiger partial charge is 0.481 e. The van der Waals surface area contributed by atoms with Gasteiger partial charge in [0, 0.05) is 12.6 Å². The molecule has 5 heteroatoms. The van der Waals surface area contributed by atoms with E-state index in [0.29, 0.717) is 18.3 Å². The first-order chi connectivity index (χ1) is 8.67. The number of nitrogens with zero attached hydrogens (tertiary/aromatic N) is 2. The van der Waals surface area contributed by atoms with E-state index in [1.807, 2.05) is 6.07 Å². The fourth-order valence-corrected chi connectivity index (χ4v) is 2.80. The molecule has 1 aliphatic carbocycles. The third kappa shape index (κ3) is 2.90. The monoisotopic (exact) mass is 250 g/mol. The molecule has 0 aromatic carbocycles. The molecule has 2 atom stereocenters. The quantitative estimate of drug-likeness (QED) is 0.852. The van der Waals surface area contributed by atoms with Crippen molar-refractivity contribution in [3.05, 3.63) is 12.4 Å². The predicted octanol–water partition coefficient (Wildman–Crippen LogP) is 1.80. The van der Waals surface area contributed by atoms with E-state index in [9.17, 15) is 0 Å². The van der Waals surface area contributed by atoms with Gasteiger partial charge < -0.3 is 15.8 Å². The smallest absolute Gasteiger partial charge is 0.218 e. The lowest BCUT2D eigenvalue weighted by molar-refractivity contribution is 0.263. The third-order valence-electron chi connectivity index (χ3n) is 3.73. The molecule has 3 N–H and O–H groups in total. The van der Waals surface area contributed by atoms with Crippen molar-refractivity contribution in [2.45, 2.75) is 38.1 Å². The summed E-state index contributed by atoms with van der Waals surface area (Å²) >= 11 is 0. The normalized spacial score (nSPS) is 27.8. The molecule has 18 heavy (non-hydrogen) atoms. The zero-order chi connectivity index (χ0) is 13.0. The molecule has 0 bridgehead atoms. The summed E-state index contributed by atoms with van der Waals surface area (Å²) in [5.74, 6) is 2.07. The van der Waals surface area contributed by atoms with Crippen molar-refractivity contribution in [1.82, 2.24) is 9.97 Å². The maximum Gasteiger partial charge on any atom is 0.218 e. The van der Waals surface area contributed by atoms with Crippen LogP contribution in [0.3, 0.4) is 0 Å². The standard InChI is InChI=1S/C13H22N4O/c1-10-4-3-5-13(7-10,8-14)17-11-6-12(18-2)16-9-15-11/h6,9-10H,3-5,7-8,14H2,1-2H3,(H,15,16,17). The van der Waals surface area contributed by atoms with Gasteiger partial charge in [-0.05, 0) is 18.8 Å². The highest BCUT2D eigenvalue weighted by atomic mass is 16.5. The zero-order valence-corrected chi connectivity index (χ0v) is 11.1. The number of methoxy groups -OCH3 is 1. The van der Waals surface area contributed by atoms with E-state index in [-0.39, 0.29) is 5.54 Å². The van der Waals surface area contributed by atoms with Gasteiger partial charge in [0.1, 0.15) is 12.1 Å². The first-order valence-electron chi connectivity index (χ1n) is 6.52. The lowest BCUT2D eigenvalue weighted by Crippen LogP contribution is -2.48. The van der Waals surface area contributed by atoms with Crippen molar-refractivity contribution in [1.29, 1.82) is 0 Å². The van der Waals surface area contributed by atoms with Crippen molar-refractivity contribution in [2.75, 3.05) is 19.0 Å². The molecule has 1 aliphatic rings. The summed E-state index contributed by atoms with van der Waals surface area (Å²) in [6, 6.07) is 1.82. The van der Waals surface area contributed by atoms with Gasteiger partial charge in [0.05, 0.1) is 12.6 Å². The Kier molecular flexibility index (Phi) is 4.01. The van der Waals surface area contributed by atoms with Crippen LogP contribution in [-0.4, -0.2) is 29.2 Å². The summed E-state index contributed by atoms with van der Waals surface area (Å²) in [6.07, 6.45) is 6.21. The second-order valence-corrected chi connectivity index (χ2v) is 5.26. The molecule has 5 nitrogen and oxygen atoms in total. The molecule has 1 saturated carbocycles. The maximum absolute atomic E-state index is 5.98. The number of nitrogens with one attached hydrogen (secondary N) is 1. The summed E-state index contributed by atoms with van der Waals surface area (Å²) in [5, 5.41) is 3.49. The Bertz CT molecular complexity index is 398. The minimum Gasteiger partial charge on any atom is -0.481 e. The van der Waals surface area contributed by atoms with Gasteiger partial charge >= 0.3 is 0 Å². The van der Waals surface area contributed by atoms with Crippen LogP contribution in [0.15, 0.2) is 12.4 Å². The lowest BCUT2D eigenvalue weighted by Gasteiger charge is -2.40. The van der Waals surface area contributed by atoms with Crippen LogP contribution in [0.2, 0.25) is 0 Å². The number of nitrogens with two attached hydrogens (primary N) is 1. The first kappa shape index (κ1) is 13.1. The average Bonchev–Trinajstić information content (AvgIpc) is 2.39. The molecular formula is C13H22N4O. The Hall–Kier alpha value is -1.36. The Morgan fingerprint density at radius 1 is 1.56 bits per heavy atom. The average molecular weight is 250 g/mol. The molecule has 2 unspecified atom stereocenters. The Morgan fingerprint density at radius 2 is 2.39 bits per heavy atom. The topological polar surface area (TPSA) is 73.1 Å². The van der Waals surface area contributed by atoms with Crippen molar-refractivity contribution >= 4 is 5.82 Å². The predicted molar refractivity (Wildman–Crippen MR) is 71.6 cm³/mol. The molecule has 1 aromatic heterocycles. The van der Waals surface area contributed by atoms with Crippen LogP contribution in [0.4, 0.5) is 5.82 Å². The number of hydrogen-bond donors (Lipinski definition) is 2. The third-order valence-corrected chi connectivity index (χ3v) is 3.73. The minimum atomic E-state index is -0.0307. The van der Waals surface area contributed by atoms with E-state index in [2.05, 4.69) is 22.2 Å². The maximum atomic E-state index is 5.98. The van der Waals surface area contributed by atoms with E-state index in [0.717, 1.165) is 18.7 Å². The summed E-state index contributed by atoms with van der Waals surface area (Å²) in [5.41, 5.74) is 5.95. The van der Waals surface area contributed by atoms with E-state index in [1.54, 1.807) is 7.11 Å². The summed E-state index contributed by atoms with van der Waals surface area (Å²) in [4.78, 5) is 8.25. The first-order valence-corrected chi connectivity index (χ1v) is 6.52. The Labute approximate surface area is 108 Å². The van der Waals surface area contributed by atoms with Gasteiger partial charge in [0.2, 0.25) is 5.88 Å². The number of anilines is 1. The van der Waals surface area contributed by atoms with Gasteiger partial charge in [-0.25, -0.2) is 9.97 Å². The van der Waals surface area contributed by atoms with Crippen LogP contribution >= 0.6 is 0 Å². The summed E-state index contributed by atoms with van der Waals surface area (Å²) in [7, 11) is 1.60. The van der Waals surface area contributed by atoms with Crippen LogP contribution in [0.25, 0.3) is 0 Å². The summed E-state index contributed by atoms with van der Waals surface area (Å²) in [6.45, 7) is 2.91. The number of rotatable bonds is 4. The molecule has 0 aliphatic heterocycles. The molecule has 0 spiro atoms. The van der Waals surface area contributed by atoms with Gasteiger partial charge in [-0.3, -0.25) is 0 Å². The lowest BCUT2D eigenvalue weighted by atomic mass is 9.76. The highest BCUT2D eigenvalue weighted by Crippen LogP contribution is 2.34. The Balaban J connectivity index is 2.13. The number of hydrogen-bond acceptors (Lipinski definition) is 5. The molecule has 0 amide bonds. The number of ether oxygens (including phenoxy) is 1. The zero-order valence-electron chi connectivity index (χ0n) is 11.1. The molecule has 0 radical (unpaired) electrons. The second-order valence-electron chi connectivity index (χ2n) is 5.26. The van der Waals surface area contributed by atoms with Crippen LogP contribution in [0.1, 0.15) is 32.6 Å². The highest BCUT2D eigenvalue weighted by molar-refractivity contribution is 5.40. The van der Waals surface area contributed by atoms with Crippen molar-refractivity contribution < 1.29 is 4.74 Å². The molecule has 0 saturated heterocycles. The molecule has 1 aromatic rings.